The molecule has 2 unspecified atom stereocenters. The molecule has 0 spiro atoms. The molecular formula is C13H18N2O2. The zero-order valence-corrected chi connectivity index (χ0v) is 10.2. The normalized spacial score (nSPS) is 24.0. The molecule has 1 heterocycles. The highest BCUT2D eigenvalue weighted by Gasteiger charge is 2.31. The summed E-state index contributed by atoms with van der Waals surface area (Å²) >= 11 is 0. The topological polar surface area (TPSA) is 66.6 Å². The highest BCUT2D eigenvalue weighted by Crippen LogP contribution is 2.29. The Bertz CT molecular complexity index is 445. The lowest BCUT2D eigenvalue weighted by atomic mass is 10.1. The number of rotatable bonds is 1. The van der Waals surface area contributed by atoms with Crippen LogP contribution in [0.1, 0.15) is 30.6 Å². The van der Waals surface area contributed by atoms with Crippen molar-refractivity contribution in [3.8, 4) is 5.75 Å². The lowest BCUT2D eigenvalue weighted by Crippen LogP contribution is -2.34. The van der Waals surface area contributed by atoms with Crippen molar-refractivity contribution in [3.63, 3.8) is 0 Å². The van der Waals surface area contributed by atoms with Crippen molar-refractivity contribution in [1.82, 2.24) is 4.90 Å². The van der Waals surface area contributed by atoms with Gasteiger partial charge >= 0.3 is 0 Å². The van der Waals surface area contributed by atoms with Crippen LogP contribution in [0.15, 0.2) is 18.2 Å². The second-order valence-corrected chi connectivity index (χ2v) is 4.89. The SMILES string of the molecule is CC1CC(C)N(C(=O)c2cccc(N)c2O)C1. The Hall–Kier alpha value is -1.71. The number of carbonyl (C=O) groups is 1. The maximum absolute atomic E-state index is 12.3. The van der Waals surface area contributed by atoms with E-state index in [0.29, 0.717) is 11.5 Å². The summed E-state index contributed by atoms with van der Waals surface area (Å²) < 4.78 is 0. The first-order chi connectivity index (χ1) is 8.00. The Kier molecular flexibility index (Phi) is 2.96. The highest BCUT2D eigenvalue weighted by molar-refractivity contribution is 5.98. The zero-order chi connectivity index (χ0) is 12.6. The summed E-state index contributed by atoms with van der Waals surface area (Å²) in [5, 5.41) is 9.81. The number of nitrogens with zero attached hydrogens (tertiary/aromatic N) is 1. The van der Waals surface area contributed by atoms with Gasteiger partial charge in [0, 0.05) is 12.6 Å². The Balaban J connectivity index is 2.29. The monoisotopic (exact) mass is 234 g/mol. The number of para-hydroxylation sites is 1. The van der Waals surface area contributed by atoms with Gasteiger partial charge in [-0.2, -0.15) is 0 Å². The molecule has 1 aliphatic rings. The number of aromatic hydroxyl groups is 1. The summed E-state index contributed by atoms with van der Waals surface area (Å²) in [6.07, 6.45) is 1.01. The first kappa shape index (κ1) is 11.8. The lowest BCUT2D eigenvalue weighted by Gasteiger charge is -2.22. The van der Waals surface area contributed by atoms with Crippen LogP contribution in [-0.2, 0) is 0 Å². The molecule has 2 rings (SSSR count). The summed E-state index contributed by atoms with van der Waals surface area (Å²) in [7, 11) is 0. The molecule has 1 saturated heterocycles. The van der Waals surface area contributed by atoms with E-state index in [1.54, 1.807) is 23.1 Å². The van der Waals surface area contributed by atoms with Crippen LogP contribution in [0.2, 0.25) is 0 Å². The van der Waals surface area contributed by atoms with Gasteiger partial charge in [0.15, 0.2) is 5.75 Å². The van der Waals surface area contributed by atoms with Gasteiger partial charge in [0.25, 0.3) is 5.91 Å². The van der Waals surface area contributed by atoms with E-state index in [1.165, 1.54) is 0 Å². The van der Waals surface area contributed by atoms with E-state index < -0.39 is 0 Å². The predicted molar refractivity (Wildman–Crippen MR) is 66.8 cm³/mol. The largest absolute Gasteiger partial charge is 0.505 e. The third kappa shape index (κ3) is 2.07. The van der Waals surface area contributed by atoms with Gasteiger partial charge in [-0.3, -0.25) is 4.79 Å². The molecule has 1 amide bonds. The van der Waals surface area contributed by atoms with Crippen LogP contribution in [0.3, 0.4) is 0 Å². The van der Waals surface area contributed by atoms with Crippen molar-refractivity contribution < 1.29 is 9.90 Å². The second-order valence-electron chi connectivity index (χ2n) is 4.89. The summed E-state index contributed by atoms with van der Waals surface area (Å²) in [5.74, 6) is 0.271. The van der Waals surface area contributed by atoms with E-state index >= 15 is 0 Å². The summed E-state index contributed by atoms with van der Waals surface area (Å²) in [6, 6.07) is 5.11. The molecule has 1 aromatic rings. The molecule has 1 aromatic carbocycles. The van der Waals surface area contributed by atoms with Gasteiger partial charge in [-0.1, -0.05) is 13.0 Å². The van der Waals surface area contributed by atoms with Crippen LogP contribution in [0.5, 0.6) is 5.75 Å². The van der Waals surface area contributed by atoms with E-state index in [-0.39, 0.29) is 23.4 Å². The minimum atomic E-state index is -0.133. The average Bonchev–Trinajstić information content (AvgIpc) is 2.61. The molecule has 1 aliphatic heterocycles. The van der Waals surface area contributed by atoms with E-state index in [9.17, 15) is 9.90 Å². The van der Waals surface area contributed by atoms with Gasteiger partial charge in [0.05, 0.1) is 11.3 Å². The molecule has 0 aliphatic carbocycles. The van der Waals surface area contributed by atoms with Gasteiger partial charge in [0.1, 0.15) is 0 Å². The third-order valence-corrected chi connectivity index (χ3v) is 3.34. The fourth-order valence-corrected chi connectivity index (χ4v) is 2.47. The number of phenols is 1. The van der Waals surface area contributed by atoms with Gasteiger partial charge < -0.3 is 15.7 Å². The number of carbonyl (C=O) groups excluding carboxylic acids is 1. The first-order valence-corrected chi connectivity index (χ1v) is 5.89. The number of nitrogens with two attached hydrogens (primary N) is 1. The van der Waals surface area contributed by atoms with Crippen molar-refractivity contribution in [2.75, 3.05) is 12.3 Å². The second kappa shape index (κ2) is 4.28. The molecule has 4 nitrogen and oxygen atoms in total. The number of hydrogen-bond donors (Lipinski definition) is 2. The van der Waals surface area contributed by atoms with Crippen molar-refractivity contribution in [2.24, 2.45) is 5.92 Å². The fraction of sp³-hybridized carbons (Fsp3) is 0.462. The average molecular weight is 234 g/mol. The van der Waals surface area contributed by atoms with Crippen molar-refractivity contribution in [2.45, 2.75) is 26.3 Å². The fourth-order valence-electron chi connectivity index (χ4n) is 2.47. The molecule has 2 atom stereocenters. The van der Waals surface area contributed by atoms with E-state index in [1.807, 2.05) is 6.92 Å². The Labute approximate surface area is 101 Å². The Morgan fingerprint density at radius 2 is 2.18 bits per heavy atom. The summed E-state index contributed by atoms with van der Waals surface area (Å²) in [4.78, 5) is 14.1. The number of benzene rings is 1. The van der Waals surface area contributed by atoms with Gasteiger partial charge in [0.2, 0.25) is 0 Å². The summed E-state index contributed by atoms with van der Waals surface area (Å²) in [5.41, 5.74) is 6.14. The van der Waals surface area contributed by atoms with Crippen LogP contribution >= 0.6 is 0 Å². The number of anilines is 1. The number of nitrogen functional groups attached to an aromatic ring is 1. The van der Waals surface area contributed by atoms with Crippen LogP contribution in [-0.4, -0.2) is 28.5 Å². The van der Waals surface area contributed by atoms with E-state index in [4.69, 9.17) is 5.73 Å². The molecule has 0 radical (unpaired) electrons. The van der Waals surface area contributed by atoms with Gasteiger partial charge in [-0.25, -0.2) is 0 Å². The molecule has 0 saturated carbocycles. The Morgan fingerprint density at radius 3 is 2.76 bits per heavy atom. The number of amides is 1. The molecule has 17 heavy (non-hydrogen) atoms. The van der Waals surface area contributed by atoms with Crippen molar-refractivity contribution in [1.29, 1.82) is 0 Å². The van der Waals surface area contributed by atoms with Crippen LogP contribution < -0.4 is 5.73 Å². The highest BCUT2D eigenvalue weighted by atomic mass is 16.3. The standard InChI is InChI=1S/C13H18N2O2/c1-8-6-9(2)15(7-8)13(17)10-4-3-5-11(14)12(10)16/h3-5,8-9,16H,6-7,14H2,1-2H3. The predicted octanol–water partition coefficient (Wildman–Crippen LogP) is 1.84. The molecule has 1 fully saturated rings. The van der Waals surface area contributed by atoms with Crippen LogP contribution in [0.25, 0.3) is 0 Å². The van der Waals surface area contributed by atoms with Gasteiger partial charge in [-0.05, 0) is 31.4 Å². The van der Waals surface area contributed by atoms with Crippen LogP contribution in [0.4, 0.5) is 5.69 Å². The van der Waals surface area contributed by atoms with Crippen molar-refractivity contribution in [3.05, 3.63) is 23.8 Å². The maximum Gasteiger partial charge on any atom is 0.257 e. The molecule has 0 bridgehead atoms. The van der Waals surface area contributed by atoms with E-state index in [0.717, 1.165) is 13.0 Å². The molecule has 92 valence electrons. The number of phenolic OH excluding ortho intramolecular Hbond substituents is 1. The van der Waals surface area contributed by atoms with Gasteiger partial charge in [-0.15, -0.1) is 0 Å². The third-order valence-electron chi connectivity index (χ3n) is 3.34. The zero-order valence-electron chi connectivity index (χ0n) is 10.2. The molecule has 4 heteroatoms. The minimum absolute atomic E-state index is 0.107. The molecular weight excluding hydrogens is 216 g/mol. The molecule has 3 N–H and O–H groups in total. The quantitative estimate of drug-likeness (QED) is 0.575. The maximum atomic E-state index is 12.3. The smallest absolute Gasteiger partial charge is 0.257 e. The number of likely N-dealkylation sites (tertiary alicyclic amines) is 1. The van der Waals surface area contributed by atoms with E-state index in [2.05, 4.69) is 6.92 Å². The lowest BCUT2D eigenvalue weighted by molar-refractivity contribution is 0.0741. The van der Waals surface area contributed by atoms with Crippen molar-refractivity contribution >= 4 is 11.6 Å². The summed E-state index contributed by atoms with van der Waals surface area (Å²) in [6.45, 7) is 4.90. The van der Waals surface area contributed by atoms with Crippen LogP contribution in [0, 0.1) is 5.92 Å². The number of hydrogen-bond acceptors (Lipinski definition) is 3. The Morgan fingerprint density at radius 1 is 1.47 bits per heavy atom. The molecule has 0 aromatic heterocycles. The minimum Gasteiger partial charge on any atom is -0.505 e. The first-order valence-electron chi connectivity index (χ1n) is 5.89.